The highest BCUT2D eigenvalue weighted by Crippen LogP contribution is 2.28. The molecule has 0 saturated carbocycles. The smallest absolute Gasteiger partial charge is 0.167 e. The summed E-state index contributed by atoms with van der Waals surface area (Å²) in [6, 6.07) is 10.3. The van der Waals surface area contributed by atoms with Crippen LogP contribution in [0, 0.1) is 5.92 Å². The molecule has 1 aliphatic heterocycles. The van der Waals surface area contributed by atoms with E-state index in [0.29, 0.717) is 11.8 Å². The lowest BCUT2D eigenvalue weighted by molar-refractivity contribution is 0.0725. The van der Waals surface area contributed by atoms with Crippen LogP contribution in [0.3, 0.4) is 0 Å². The molecule has 110 valence electrons. The van der Waals surface area contributed by atoms with Gasteiger partial charge in [0.15, 0.2) is 5.78 Å². The van der Waals surface area contributed by atoms with Crippen molar-refractivity contribution in [3.05, 3.63) is 35.9 Å². The van der Waals surface area contributed by atoms with Gasteiger partial charge in [0, 0.05) is 17.5 Å². The molecule has 1 aliphatic rings. The Morgan fingerprint density at radius 3 is 2.70 bits per heavy atom. The number of piperidine rings is 1. The van der Waals surface area contributed by atoms with Crippen LogP contribution in [0.25, 0.3) is 0 Å². The molecule has 1 heterocycles. The first-order valence-corrected chi connectivity index (χ1v) is 8.03. The Hall–Kier alpha value is -1.15. The van der Waals surface area contributed by atoms with E-state index in [0.717, 1.165) is 31.4 Å². The number of hydrogen-bond donors (Lipinski definition) is 0. The summed E-state index contributed by atoms with van der Waals surface area (Å²) in [5.41, 5.74) is 0.882. The fraction of sp³-hybridized carbons (Fsp3) is 0.611. The zero-order valence-corrected chi connectivity index (χ0v) is 12.8. The summed E-state index contributed by atoms with van der Waals surface area (Å²) in [5.74, 6) is 0.514. The standard InChI is InChI=1S/C18H27NO/c1-3-4-12-16(17-13-8-9-14-19(17)2)18(20)15-10-6-5-7-11-15/h5-7,10-11,16-17H,3-4,8-9,12-14H2,1-2H3. The first kappa shape index (κ1) is 15.2. The van der Waals surface area contributed by atoms with Crippen molar-refractivity contribution >= 4 is 5.78 Å². The number of Topliss-reactive ketones (excluding diaryl/α,β-unsaturated/α-hetero) is 1. The summed E-state index contributed by atoms with van der Waals surface area (Å²) in [7, 11) is 2.18. The highest BCUT2D eigenvalue weighted by molar-refractivity contribution is 5.98. The van der Waals surface area contributed by atoms with E-state index in [1.54, 1.807) is 0 Å². The average molecular weight is 273 g/mol. The van der Waals surface area contributed by atoms with Crippen LogP contribution in [0.15, 0.2) is 30.3 Å². The van der Waals surface area contributed by atoms with E-state index < -0.39 is 0 Å². The van der Waals surface area contributed by atoms with Crippen LogP contribution in [0.1, 0.15) is 55.8 Å². The lowest BCUT2D eigenvalue weighted by Gasteiger charge is -2.37. The number of carbonyl (C=O) groups is 1. The molecule has 0 bridgehead atoms. The first-order valence-electron chi connectivity index (χ1n) is 8.03. The van der Waals surface area contributed by atoms with Gasteiger partial charge in [-0.25, -0.2) is 0 Å². The summed E-state index contributed by atoms with van der Waals surface area (Å²) in [5, 5.41) is 0. The minimum Gasteiger partial charge on any atom is -0.303 e. The minimum atomic E-state index is 0.169. The monoisotopic (exact) mass is 273 g/mol. The van der Waals surface area contributed by atoms with Gasteiger partial charge < -0.3 is 4.90 Å². The molecule has 0 aliphatic carbocycles. The molecule has 1 saturated heterocycles. The number of carbonyl (C=O) groups excluding carboxylic acids is 1. The highest BCUT2D eigenvalue weighted by Gasteiger charge is 2.32. The van der Waals surface area contributed by atoms with Crippen LogP contribution >= 0.6 is 0 Å². The van der Waals surface area contributed by atoms with E-state index in [4.69, 9.17) is 0 Å². The second-order valence-electron chi connectivity index (χ2n) is 6.02. The Morgan fingerprint density at radius 1 is 1.30 bits per heavy atom. The lowest BCUT2D eigenvalue weighted by atomic mass is 9.82. The van der Waals surface area contributed by atoms with Crippen molar-refractivity contribution in [1.82, 2.24) is 4.90 Å². The second kappa shape index (κ2) is 7.58. The molecule has 2 heteroatoms. The lowest BCUT2D eigenvalue weighted by Crippen LogP contribution is -2.44. The number of rotatable bonds is 6. The molecule has 0 spiro atoms. The number of benzene rings is 1. The van der Waals surface area contributed by atoms with Crippen LogP contribution in [0.4, 0.5) is 0 Å². The molecule has 20 heavy (non-hydrogen) atoms. The van der Waals surface area contributed by atoms with Crippen LogP contribution in [-0.2, 0) is 0 Å². The maximum atomic E-state index is 12.9. The summed E-state index contributed by atoms with van der Waals surface area (Å²) in [4.78, 5) is 15.3. The number of unbranched alkanes of at least 4 members (excludes halogenated alkanes) is 1. The van der Waals surface area contributed by atoms with Gasteiger partial charge in [-0.3, -0.25) is 4.79 Å². The molecular weight excluding hydrogens is 246 g/mol. The normalized spacial score (nSPS) is 21.6. The van der Waals surface area contributed by atoms with Crippen molar-refractivity contribution < 1.29 is 4.79 Å². The third kappa shape index (κ3) is 3.69. The Bertz CT molecular complexity index is 415. The zero-order chi connectivity index (χ0) is 14.4. The Morgan fingerprint density at radius 2 is 2.05 bits per heavy atom. The van der Waals surface area contributed by atoms with Gasteiger partial charge in [-0.15, -0.1) is 0 Å². The Kier molecular flexibility index (Phi) is 5.78. The van der Waals surface area contributed by atoms with Crippen molar-refractivity contribution in [2.45, 2.75) is 51.5 Å². The quantitative estimate of drug-likeness (QED) is 0.725. The van der Waals surface area contributed by atoms with Crippen LogP contribution < -0.4 is 0 Å². The van der Waals surface area contributed by atoms with Crippen molar-refractivity contribution in [2.24, 2.45) is 5.92 Å². The average Bonchev–Trinajstić information content (AvgIpc) is 2.50. The third-order valence-corrected chi connectivity index (χ3v) is 4.56. The Labute approximate surface area is 123 Å². The molecule has 2 unspecified atom stereocenters. The minimum absolute atomic E-state index is 0.169. The molecule has 1 fully saturated rings. The summed E-state index contributed by atoms with van der Waals surface area (Å²) >= 11 is 0. The Balaban J connectivity index is 2.16. The second-order valence-corrected chi connectivity index (χ2v) is 6.02. The summed E-state index contributed by atoms with van der Waals surface area (Å²) < 4.78 is 0. The van der Waals surface area contributed by atoms with E-state index >= 15 is 0 Å². The van der Waals surface area contributed by atoms with Crippen molar-refractivity contribution in [3.8, 4) is 0 Å². The fourth-order valence-electron chi connectivity index (χ4n) is 3.35. The molecule has 0 N–H and O–H groups in total. The van der Waals surface area contributed by atoms with E-state index in [1.807, 2.05) is 30.3 Å². The highest BCUT2D eigenvalue weighted by atomic mass is 16.1. The number of ketones is 1. The van der Waals surface area contributed by atoms with Gasteiger partial charge in [0.1, 0.15) is 0 Å². The van der Waals surface area contributed by atoms with E-state index in [-0.39, 0.29) is 5.92 Å². The van der Waals surface area contributed by atoms with Crippen LogP contribution in [-0.4, -0.2) is 30.3 Å². The summed E-state index contributed by atoms with van der Waals surface area (Å²) in [6.45, 7) is 3.34. The van der Waals surface area contributed by atoms with Crippen LogP contribution in [0.5, 0.6) is 0 Å². The molecule has 0 aromatic heterocycles. The molecule has 1 aromatic carbocycles. The van der Waals surface area contributed by atoms with Crippen molar-refractivity contribution in [3.63, 3.8) is 0 Å². The SMILES string of the molecule is CCCCC(C(=O)c1ccccc1)C1CCCCN1C. The molecule has 2 rings (SSSR count). The first-order chi connectivity index (χ1) is 9.74. The van der Waals surface area contributed by atoms with Gasteiger partial charge >= 0.3 is 0 Å². The number of nitrogens with zero attached hydrogens (tertiary/aromatic N) is 1. The summed E-state index contributed by atoms with van der Waals surface area (Å²) in [6.07, 6.45) is 7.04. The van der Waals surface area contributed by atoms with Crippen molar-refractivity contribution in [1.29, 1.82) is 0 Å². The largest absolute Gasteiger partial charge is 0.303 e. The third-order valence-electron chi connectivity index (χ3n) is 4.56. The van der Waals surface area contributed by atoms with Gasteiger partial charge in [-0.1, -0.05) is 56.5 Å². The fourth-order valence-corrected chi connectivity index (χ4v) is 3.35. The van der Waals surface area contributed by atoms with Gasteiger partial charge in [0.05, 0.1) is 0 Å². The molecular formula is C18H27NO. The molecule has 0 radical (unpaired) electrons. The van der Waals surface area contributed by atoms with Gasteiger partial charge in [0.25, 0.3) is 0 Å². The number of likely N-dealkylation sites (tertiary alicyclic amines) is 1. The maximum Gasteiger partial charge on any atom is 0.167 e. The predicted molar refractivity (Wildman–Crippen MR) is 84.1 cm³/mol. The van der Waals surface area contributed by atoms with E-state index in [1.165, 1.54) is 19.3 Å². The van der Waals surface area contributed by atoms with Gasteiger partial charge in [0.2, 0.25) is 0 Å². The van der Waals surface area contributed by atoms with Gasteiger partial charge in [-0.2, -0.15) is 0 Å². The molecule has 2 atom stereocenters. The topological polar surface area (TPSA) is 20.3 Å². The van der Waals surface area contributed by atoms with E-state index in [2.05, 4.69) is 18.9 Å². The maximum absolute atomic E-state index is 12.9. The zero-order valence-electron chi connectivity index (χ0n) is 12.8. The predicted octanol–water partition coefficient (Wildman–Crippen LogP) is 4.16. The molecule has 1 aromatic rings. The molecule has 0 amide bonds. The van der Waals surface area contributed by atoms with Crippen LogP contribution in [0.2, 0.25) is 0 Å². The molecule has 2 nitrogen and oxygen atoms in total. The van der Waals surface area contributed by atoms with Gasteiger partial charge in [-0.05, 0) is 32.9 Å². The number of hydrogen-bond acceptors (Lipinski definition) is 2. The van der Waals surface area contributed by atoms with Crippen molar-refractivity contribution in [2.75, 3.05) is 13.6 Å². The van der Waals surface area contributed by atoms with E-state index in [9.17, 15) is 4.79 Å².